The summed E-state index contributed by atoms with van der Waals surface area (Å²) in [6.07, 6.45) is 0.247. The Morgan fingerprint density at radius 1 is 0.822 bits per heavy atom. The lowest BCUT2D eigenvalue weighted by Crippen LogP contribution is -2.53. The Morgan fingerprint density at radius 2 is 1.49 bits per heavy atom. The molecule has 0 bridgehead atoms. The summed E-state index contributed by atoms with van der Waals surface area (Å²) in [5, 5.41) is 2.88. The normalized spacial score (nSPS) is 11.8. The molecule has 0 radical (unpaired) electrons. The summed E-state index contributed by atoms with van der Waals surface area (Å²) in [6.45, 7) is 7.33. The van der Waals surface area contributed by atoms with Crippen molar-refractivity contribution in [3.8, 4) is 5.75 Å². The molecule has 1 atom stereocenters. The summed E-state index contributed by atoms with van der Waals surface area (Å²) in [6, 6.07) is 27.9. The maximum Gasteiger partial charge on any atom is 0.264 e. The highest BCUT2D eigenvalue weighted by Gasteiger charge is 2.35. The maximum atomic E-state index is 14.6. The Morgan fingerprint density at radius 3 is 2.16 bits per heavy atom. The van der Waals surface area contributed by atoms with Crippen LogP contribution < -0.4 is 14.4 Å². The fourth-order valence-electron chi connectivity index (χ4n) is 5.15. The summed E-state index contributed by atoms with van der Waals surface area (Å²) in [4.78, 5) is 29.8. The summed E-state index contributed by atoms with van der Waals surface area (Å²) >= 11 is 0. The van der Waals surface area contributed by atoms with Crippen LogP contribution >= 0.6 is 0 Å². The van der Waals surface area contributed by atoms with Gasteiger partial charge in [0.1, 0.15) is 18.3 Å². The van der Waals surface area contributed by atoms with Gasteiger partial charge in [0.25, 0.3) is 10.0 Å². The maximum absolute atomic E-state index is 14.6. The number of anilines is 1. The predicted octanol–water partition coefficient (Wildman–Crippen LogP) is 5.59. The fraction of sp³-hybridized carbons (Fsp3) is 0.278. The number of methoxy groups -OCH3 is 1. The van der Waals surface area contributed by atoms with Crippen LogP contribution in [0.25, 0.3) is 0 Å². The Bertz CT molecular complexity index is 1720. The van der Waals surface area contributed by atoms with Crippen molar-refractivity contribution in [2.45, 2.75) is 51.6 Å². The monoisotopic (exact) mass is 627 g/mol. The lowest BCUT2D eigenvalue weighted by molar-refractivity contribution is -0.140. The molecule has 4 rings (SSSR count). The van der Waals surface area contributed by atoms with Crippen LogP contribution in [-0.2, 0) is 32.6 Å². The van der Waals surface area contributed by atoms with E-state index in [9.17, 15) is 18.0 Å². The number of likely N-dealkylation sites (N-methyl/N-ethyl adjacent to an activating group) is 1. The van der Waals surface area contributed by atoms with Crippen molar-refractivity contribution in [3.63, 3.8) is 0 Å². The number of benzene rings is 4. The van der Waals surface area contributed by atoms with Crippen LogP contribution in [0.1, 0.15) is 34.7 Å². The van der Waals surface area contributed by atoms with Gasteiger partial charge in [0.05, 0.1) is 17.7 Å². The Hall–Kier alpha value is -4.63. The van der Waals surface area contributed by atoms with Crippen LogP contribution in [0.3, 0.4) is 0 Å². The zero-order valence-corrected chi connectivity index (χ0v) is 27.3. The summed E-state index contributed by atoms with van der Waals surface area (Å²) < 4.78 is 35.1. The number of nitrogens with one attached hydrogen (secondary N) is 1. The van der Waals surface area contributed by atoms with E-state index in [-0.39, 0.29) is 23.8 Å². The Kier molecular flexibility index (Phi) is 11.0. The van der Waals surface area contributed by atoms with Crippen LogP contribution in [0, 0.1) is 20.8 Å². The zero-order chi connectivity index (χ0) is 32.6. The molecule has 0 heterocycles. The SMILES string of the molecule is CCNC(=O)C(Cc1ccccc1)N(Cc1cccc(OC)c1)C(=O)CN(c1cc(C)ccc1C)S(=O)(=O)c1ccc(C)cc1. The van der Waals surface area contributed by atoms with Gasteiger partial charge in [0, 0.05) is 19.5 Å². The Labute approximate surface area is 266 Å². The van der Waals surface area contributed by atoms with Gasteiger partial charge >= 0.3 is 0 Å². The van der Waals surface area contributed by atoms with E-state index in [1.54, 1.807) is 43.5 Å². The molecule has 45 heavy (non-hydrogen) atoms. The highest BCUT2D eigenvalue weighted by molar-refractivity contribution is 7.92. The van der Waals surface area contributed by atoms with Gasteiger partial charge in [-0.1, -0.05) is 72.3 Å². The minimum Gasteiger partial charge on any atom is -0.497 e. The lowest BCUT2D eigenvalue weighted by Gasteiger charge is -2.34. The molecule has 8 nitrogen and oxygen atoms in total. The average molecular weight is 628 g/mol. The molecule has 2 amide bonds. The van der Waals surface area contributed by atoms with E-state index < -0.39 is 28.5 Å². The number of ether oxygens (including phenoxy) is 1. The third-order valence-corrected chi connectivity index (χ3v) is 9.40. The van der Waals surface area contributed by atoms with Crippen molar-refractivity contribution >= 4 is 27.5 Å². The van der Waals surface area contributed by atoms with Crippen LogP contribution in [-0.4, -0.2) is 51.4 Å². The second-order valence-electron chi connectivity index (χ2n) is 11.1. The van der Waals surface area contributed by atoms with E-state index in [1.165, 1.54) is 4.90 Å². The third kappa shape index (κ3) is 8.30. The number of hydrogen-bond donors (Lipinski definition) is 1. The van der Waals surface area contributed by atoms with Gasteiger partial charge in [-0.25, -0.2) is 8.42 Å². The lowest BCUT2D eigenvalue weighted by atomic mass is 10.0. The number of sulfonamides is 1. The fourth-order valence-corrected chi connectivity index (χ4v) is 6.62. The summed E-state index contributed by atoms with van der Waals surface area (Å²) in [7, 11) is -2.61. The van der Waals surface area contributed by atoms with Crippen molar-refractivity contribution in [1.82, 2.24) is 10.2 Å². The predicted molar refractivity (Wildman–Crippen MR) is 178 cm³/mol. The zero-order valence-electron chi connectivity index (χ0n) is 26.5. The standard InChI is InChI=1S/C36H41N3O5S/c1-6-37-36(41)34(23-29-11-8-7-9-12-29)38(24-30-13-10-14-31(22-30)44-5)35(40)25-39(33-21-27(3)15-18-28(33)4)45(42,43)32-19-16-26(2)17-20-32/h7-22,34H,6,23-25H2,1-5H3,(H,37,41). The van der Waals surface area contributed by atoms with Gasteiger partial charge < -0.3 is 15.0 Å². The Balaban J connectivity index is 1.83. The molecule has 1 N–H and O–H groups in total. The molecule has 0 saturated carbocycles. The molecule has 0 fully saturated rings. The quantitative estimate of drug-likeness (QED) is 0.209. The van der Waals surface area contributed by atoms with Crippen LogP contribution in [0.2, 0.25) is 0 Å². The van der Waals surface area contributed by atoms with E-state index in [0.29, 0.717) is 23.5 Å². The van der Waals surface area contributed by atoms with Gasteiger partial charge in [0.15, 0.2) is 0 Å². The molecule has 0 aliphatic heterocycles. The van der Waals surface area contributed by atoms with E-state index in [2.05, 4.69) is 5.32 Å². The second-order valence-corrected chi connectivity index (χ2v) is 13.0. The number of aryl methyl sites for hydroxylation is 3. The first-order valence-electron chi connectivity index (χ1n) is 14.9. The molecule has 4 aromatic carbocycles. The minimum absolute atomic E-state index is 0.0654. The second kappa shape index (κ2) is 14.9. The highest BCUT2D eigenvalue weighted by atomic mass is 32.2. The van der Waals surface area contributed by atoms with Gasteiger partial charge in [-0.05, 0) is 80.3 Å². The minimum atomic E-state index is -4.17. The van der Waals surface area contributed by atoms with E-state index >= 15 is 0 Å². The number of amides is 2. The van der Waals surface area contributed by atoms with Crippen LogP contribution in [0.4, 0.5) is 5.69 Å². The molecule has 0 aliphatic rings. The largest absolute Gasteiger partial charge is 0.497 e. The molecule has 0 aliphatic carbocycles. The third-order valence-electron chi connectivity index (χ3n) is 7.63. The van der Waals surface area contributed by atoms with E-state index in [4.69, 9.17) is 4.74 Å². The molecule has 1 unspecified atom stereocenters. The van der Waals surface area contributed by atoms with Crippen LogP contribution in [0.5, 0.6) is 5.75 Å². The number of hydrogen-bond acceptors (Lipinski definition) is 5. The first-order valence-corrected chi connectivity index (χ1v) is 16.4. The van der Waals surface area contributed by atoms with E-state index in [0.717, 1.165) is 26.6 Å². The van der Waals surface area contributed by atoms with Gasteiger partial charge in [-0.15, -0.1) is 0 Å². The first-order chi connectivity index (χ1) is 21.5. The number of rotatable bonds is 13. The topological polar surface area (TPSA) is 96.0 Å². The molecule has 4 aromatic rings. The van der Waals surface area contributed by atoms with Crippen molar-refractivity contribution in [3.05, 3.63) is 125 Å². The van der Waals surface area contributed by atoms with Crippen molar-refractivity contribution in [2.75, 3.05) is 24.5 Å². The van der Waals surface area contributed by atoms with Crippen molar-refractivity contribution in [1.29, 1.82) is 0 Å². The number of nitrogens with zero attached hydrogens (tertiary/aromatic N) is 2. The summed E-state index contributed by atoms with van der Waals surface area (Å²) in [5.74, 6) is -0.227. The first kappa shape index (κ1) is 33.3. The molecular weight excluding hydrogens is 586 g/mol. The smallest absolute Gasteiger partial charge is 0.264 e. The molecule has 0 saturated heterocycles. The number of carbonyl (C=O) groups excluding carboxylic acids is 2. The molecule has 0 spiro atoms. The van der Waals surface area contributed by atoms with Crippen molar-refractivity contribution < 1.29 is 22.7 Å². The van der Waals surface area contributed by atoms with Crippen LogP contribution in [0.15, 0.2) is 102 Å². The number of carbonyl (C=O) groups is 2. The molecular formula is C36H41N3O5S. The molecule has 0 aromatic heterocycles. The average Bonchev–Trinajstić information content (AvgIpc) is 3.03. The molecule has 9 heteroatoms. The van der Waals surface area contributed by atoms with Gasteiger partial charge in [0.2, 0.25) is 11.8 Å². The van der Waals surface area contributed by atoms with Crippen molar-refractivity contribution in [2.24, 2.45) is 0 Å². The summed E-state index contributed by atoms with van der Waals surface area (Å²) in [5.41, 5.74) is 4.49. The van der Waals surface area contributed by atoms with Gasteiger partial charge in [-0.2, -0.15) is 0 Å². The van der Waals surface area contributed by atoms with Gasteiger partial charge in [-0.3, -0.25) is 13.9 Å². The molecule has 236 valence electrons. The van der Waals surface area contributed by atoms with E-state index in [1.807, 2.05) is 88.4 Å². The highest BCUT2D eigenvalue weighted by Crippen LogP contribution is 2.29.